The van der Waals surface area contributed by atoms with Crippen LogP contribution in [0, 0.1) is 5.92 Å². The van der Waals surface area contributed by atoms with Gasteiger partial charge in [-0.2, -0.15) is 5.10 Å². The summed E-state index contributed by atoms with van der Waals surface area (Å²) in [6, 6.07) is 3.05. The fourth-order valence-electron chi connectivity index (χ4n) is 2.64. The van der Waals surface area contributed by atoms with Crippen LogP contribution in [-0.4, -0.2) is 47.5 Å². The van der Waals surface area contributed by atoms with Crippen molar-refractivity contribution in [2.45, 2.75) is 32.4 Å². The first-order chi connectivity index (χ1) is 8.51. The van der Waals surface area contributed by atoms with E-state index in [1.165, 1.54) is 0 Å². The monoisotopic (exact) mass is 252 g/mol. The molecule has 2 rings (SSSR count). The van der Waals surface area contributed by atoms with Gasteiger partial charge in [0, 0.05) is 31.7 Å². The largest absolute Gasteiger partial charge is 0.481 e. The van der Waals surface area contributed by atoms with Gasteiger partial charge in [0.25, 0.3) is 0 Å². The summed E-state index contributed by atoms with van der Waals surface area (Å²) in [4.78, 5) is 2.42. The number of hydrogen-bond acceptors (Lipinski definition) is 4. The molecule has 18 heavy (non-hydrogen) atoms. The topological polar surface area (TPSA) is 42.3 Å². The Morgan fingerprint density at radius 1 is 1.39 bits per heavy atom. The minimum Gasteiger partial charge on any atom is -0.481 e. The van der Waals surface area contributed by atoms with Gasteiger partial charge >= 0.3 is 0 Å². The first-order valence-corrected chi connectivity index (χ1v) is 6.56. The zero-order chi connectivity index (χ0) is 13.3. The fraction of sp³-hybridized carbons (Fsp3) is 0.769. The highest BCUT2D eigenvalue weighted by atomic mass is 16.5. The molecule has 5 heteroatoms. The molecule has 1 aliphatic heterocycles. The van der Waals surface area contributed by atoms with Crippen molar-refractivity contribution in [3.05, 3.63) is 6.07 Å². The van der Waals surface area contributed by atoms with Crippen LogP contribution < -0.4 is 10.1 Å². The molecule has 0 aromatic carbocycles. The van der Waals surface area contributed by atoms with Gasteiger partial charge in [0.1, 0.15) is 0 Å². The number of aromatic nitrogens is 2. The number of nitrogens with one attached hydrogen (secondary N) is 1. The molecule has 1 aromatic rings. The van der Waals surface area contributed by atoms with Crippen LogP contribution in [0.2, 0.25) is 0 Å². The molecule has 0 saturated carbocycles. The number of likely N-dealkylation sites (tertiary alicyclic amines) is 1. The number of ether oxygens (including phenoxy) is 1. The van der Waals surface area contributed by atoms with Crippen molar-refractivity contribution in [2.75, 3.05) is 26.0 Å². The normalized spacial score (nSPS) is 29.3. The van der Waals surface area contributed by atoms with Gasteiger partial charge in [0.15, 0.2) is 5.82 Å². The Kier molecular flexibility index (Phi) is 3.80. The lowest BCUT2D eigenvalue weighted by atomic mass is 9.90. The molecular weight excluding hydrogens is 228 g/mol. The van der Waals surface area contributed by atoms with Gasteiger partial charge in [-0.25, -0.2) is 4.68 Å². The zero-order valence-corrected chi connectivity index (χ0v) is 12.0. The lowest BCUT2D eigenvalue weighted by Gasteiger charge is -2.39. The van der Waals surface area contributed by atoms with E-state index in [0.29, 0.717) is 18.0 Å². The predicted molar refractivity (Wildman–Crippen MR) is 73.0 cm³/mol. The Balaban J connectivity index is 2.04. The maximum absolute atomic E-state index is 5.23. The van der Waals surface area contributed by atoms with Crippen LogP contribution in [0.25, 0.3) is 0 Å². The Morgan fingerprint density at radius 2 is 2.11 bits per heavy atom. The van der Waals surface area contributed by atoms with Crippen LogP contribution >= 0.6 is 0 Å². The Morgan fingerprint density at radius 3 is 2.72 bits per heavy atom. The van der Waals surface area contributed by atoms with Crippen molar-refractivity contribution in [3.63, 3.8) is 0 Å². The Bertz CT molecular complexity index is 404. The highest BCUT2D eigenvalue weighted by Gasteiger charge is 2.29. The molecule has 0 bridgehead atoms. The first kappa shape index (κ1) is 13.2. The van der Waals surface area contributed by atoms with Gasteiger partial charge < -0.3 is 15.0 Å². The summed E-state index contributed by atoms with van der Waals surface area (Å²) >= 11 is 0. The minimum absolute atomic E-state index is 0.482. The van der Waals surface area contributed by atoms with Gasteiger partial charge in [-0.15, -0.1) is 0 Å². The molecule has 1 aliphatic rings. The summed E-state index contributed by atoms with van der Waals surface area (Å²) < 4.78 is 6.99. The summed E-state index contributed by atoms with van der Waals surface area (Å²) in [5.41, 5.74) is 0. The van der Waals surface area contributed by atoms with Crippen LogP contribution in [0.3, 0.4) is 0 Å². The molecule has 1 saturated heterocycles. The van der Waals surface area contributed by atoms with E-state index in [1.807, 2.05) is 13.1 Å². The second-order valence-electron chi connectivity index (χ2n) is 5.45. The third-order valence-electron chi connectivity index (χ3n) is 3.99. The zero-order valence-electron chi connectivity index (χ0n) is 12.0. The Labute approximate surface area is 109 Å². The quantitative estimate of drug-likeness (QED) is 0.886. The molecule has 3 unspecified atom stereocenters. The van der Waals surface area contributed by atoms with E-state index in [0.717, 1.165) is 24.7 Å². The van der Waals surface area contributed by atoms with E-state index in [2.05, 4.69) is 36.2 Å². The molecule has 1 aromatic heterocycles. The maximum atomic E-state index is 5.23. The molecule has 1 fully saturated rings. The number of hydrogen-bond donors (Lipinski definition) is 1. The van der Waals surface area contributed by atoms with Crippen molar-refractivity contribution in [3.8, 4) is 5.88 Å². The standard InChI is InChI=1S/C13H24N4O/c1-9-8-16(3)10(2)6-11(9)14-12-7-13(18-5)17(4)15-12/h7,9-11H,6,8H2,1-5H3,(H,14,15). The van der Waals surface area contributed by atoms with Crippen LogP contribution in [0.1, 0.15) is 20.3 Å². The van der Waals surface area contributed by atoms with Gasteiger partial charge in [-0.3, -0.25) is 0 Å². The molecule has 0 spiro atoms. The van der Waals surface area contributed by atoms with Crippen molar-refractivity contribution < 1.29 is 4.74 Å². The number of aryl methyl sites for hydroxylation is 1. The highest BCUT2D eigenvalue weighted by Crippen LogP contribution is 2.25. The average molecular weight is 252 g/mol. The van der Waals surface area contributed by atoms with Crippen molar-refractivity contribution in [2.24, 2.45) is 13.0 Å². The molecule has 0 aliphatic carbocycles. The third kappa shape index (κ3) is 2.61. The van der Waals surface area contributed by atoms with E-state index < -0.39 is 0 Å². The van der Waals surface area contributed by atoms with Crippen LogP contribution in [-0.2, 0) is 7.05 Å². The number of methoxy groups -OCH3 is 1. The van der Waals surface area contributed by atoms with E-state index >= 15 is 0 Å². The molecular formula is C13H24N4O. The highest BCUT2D eigenvalue weighted by molar-refractivity contribution is 5.40. The van der Waals surface area contributed by atoms with Crippen molar-refractivity contribution in [1.29, 1.82) is 0 Å². The van der Waals surface area contributed by atoms with Gasteiger partial charge in [0.05, 0.1) is 7.11 Å². The summed E-state index contributed by atoms with van der Waals surface area (Å²) in [6.07, 6.45) is 1.15. The lowest BCUT2D eigenvalue weighted by Crippen LogP contribution is -2.48. The molecule has 0 radical (unpaired) electrons. The summed E-state index contributed by atoms with van der Waals surface area (Å²) in [6.45, 7) is 5.70. The number of rotatable bonds is 3. The SMILES string of the molecule is COc1cc(NC2CC(C)N(C)CC2C)nn1C. The molecule has 1 N–H and O–H groups in total. The summed E-state index contributed by atoms with van der Waals surface area (Å²) in [5, 5.41) is 7.96. The maximum Gasteiger partial charge on any atom is 0.213 e. The molecule has 0 amide bonds. The second kappa shape index (κ2) is 5.18. The van der Waals surface area contributed by atoms with Gasteiger partial charge in [-0.1, -0.05) is 6.92 Å². The van der Waals surface area contributed by atoms with E-state index in [4.69, 9.17) is 4.74 Å². The van der Waals surface area contributed by atoms with Gasteiger partial charge in [-0.05, 0) is 26.3 Å². The van der Waals surface area contributed by atoms with Crippen LogP contribution in [0.4, 0.5) is 5.82 Å². The van der Waals surface area contributed by atoms with Crippen molar-refractivity contribution in [1.82, 2.24) is 14.7 Å². The van der Waals surface area contributed by atoms with Crippen molar-refractivity contribution >= 4 is 5.82 Å². The summed E-state index contributed by atoms with van der Waals surface area (Å²) in [5.74, 6) is 2.31. The smallest absolute Gasteiger partial charge is 0.213 e. The first-order valence-electron chi connectivity index (χ1n) is 6.56. The number of piperidine rings is 1. The number of nitrogens with zero attached hydrogens (tertiary/aromatic N) is 3. The second-order valence-corrected chi connectivity index (χ2v) is 5.45. The summed E-state index contributed by atoms with van der Waals surface area (Å²) in [7, 11) is 5.76. The van der Waals surface area contributed by atoms with E-state index in [9.17, 15) is 0 Å². The minimum atomic E-state index is 0.482. The average Bonchev–Trinajstić information content (AvgIpc) is 2.66. The van der Waals surface area contributed by atoms with E-state index in [-0.39, 0.29) is 0 Å². The molecule has 2 heterocycles. The third-order valence-corrected chi connectivity index (χ3v) is 3.99. The van der Waals surface area contributed by atoms with E-state index in [1.54, 1.807) is 11.8 Å². The molecule has 3 atom stereocenters. The van der Waals surface area contributed by atoms with Crippen LogP contribution in [0.5, 0.6) is 5.88 Å². The lowest BCUT2D eigenvalue weighted by molar-refractivity contribution is 0.145. The van der Waals surface area contributed by atoms with Gasteiger partial charge in [0.2, 0.25) is 5.88 Å². The number of anilines is 1. The van der Waals surface area contributed by atoms with Crippen LogP contribution in [0.15, 0.2) is 6.07 Å². The molecule has 102 valence electrons. The molecule has 5 nitrogen and oxygen atoms in total. The fourth-order valence-corrected chi connectivity index (χ4v) is 2.64. The Hall–Kier alpha value is -1.23. The predicted octanol–water partition coefficient (Wildman–Crippen LogP) is 1.57.